The summed E-state index contributed by atoms with van der Waals surface area (Å²) in [6.45, 7) is 7.23. The minimum atomic E-state index is -1.01. The van der Waals surface area contributed by atoms with Gasteiger partial charge in [-0.15, -0.1) is 0 Å². The lowest BCUT2D eigenvalue weighted by Crippen LogP contribution is -2.55. The Hall–Kier alpha value is -1.88. The molecule has 0 unspecified atom stereocenters. The van der Waals surface area contributed by atoms with Gasteiger partial charge in [0.1, 0.15) is 6.04 Å². The fourth-order valence-electron chi connectivity index (χ4n) is 1.80. The molecule has 0 aliphatic rings. The molecule has 0 bridgehead atoms. The predicted molar refractivity (Wildman–Crippen MR) is 84.7 cm³/mol. The van der Waals surface area contributed by atoms with Crippen LogP contribution in [0.25, 0.3) is 0 Å². The van der Waals surface area contributed by atoms with Gasteiger partial charge in [0.2, 0.25) is 11.8 Å². The lowest BCUT2D eigenvalue weighted by atomic mass is 10.0. The Labute approximate surface area is 126 Å². The highest BCUT2D eigenvalue weighted by atomic mass is 16.2. The quantitative estimate of drug-likeness (QED) is 0.748. The molecule has 5 heteroatoms. The van der Waals surface area contributed by atoms with E-state index in [1.807, 2.05) is 32.0 Å². The molecule has 4 N–H and O–H groups in total. The summed E-state index contributed by atoms with van der Waals surface area (Å²) < 4.78 is 0. The Balaban J connectivity index is 2.77. The SMILES string of the molecule is CC(C)C[C@H](NC(=O)C(C)(C)N)C(=O)Nc1ccccc1. The summed E-state index contributed by atoms with van der Waals surface area (Å²) in [5.41, 5.74) is 5.46. The molecule has 21 heavy (non-hydrogen) atoms. The molecule has 0 radical (unpaired) electrons. The van der Waals surface area contributed by atoms with Gasteiger partial charge in [-0.25, -0.2) is 0 Å². The summed E-state index contributed by atoms with van der Waals surface area (Å²) in [4.78, 5) is 24.3. The molecule has 0 heterocycles. The van der Waals surface area contributed by atoms with Crippen LogP contribution in [0.4, 0.5) is 5.69 Å². The van der Waals surface area contributed by atoms with Gasteiger partial charge < -0.3 is 16.4 Å². The third kappa shape index (κ3) is 5.95. The third-order valence-corrected chi connectivity index (χ3v) is 2.96. The summed E-state index contributed by atoms with van der Waals surface area (Å²) in [6, 6.07) is 8.57. The molecule has 0 aromatic heterocycles. The average Bonchev–Trinajstić information content (AvgIpc) is 2.37. The lowest BCUT2D eigenvalue weighted by molar-refractivity contribution is -0.129. The third-order valence-electron chi connectivity index (χ3n) is 2.96. The molecule has 5 nitrogen and oxygen atoms in total. The molecule has 0 aliphatic carbocycles. The zero-order valence-corrected chi connectivity index (χ0v) is 13.1. The maximum atomic E-state index is 12.3. The van der Waals surface area contributed by atoms with Crippen LogP contribution in [-0.4, -0.2) is 23.4 Å². The second-order valence-electron chi connectivity index (χ2n) is 6.23. The van der Waals surface area contributed by atoms with Crippen molar-refractivity contribution in [2.75, 3.05) is 5.32 Å². The van der Waals surface area contributed by atoms with E-state index in [0.717, 1.165) is 0 Å². The number of hydrogen-bond acceptors (Lipinski definition) is 3. The highest BCUT2D eigenvalue weighted by Crippen LogP contribution is 2.11. The average molecular weight is 291 g/mol. The van der Waals surface area contributed by atoms with Gasteiger partial charge in [-0.1, -0.05) is 32.0 Å². The summed E-state index contributed by atoms with van der Waals surface area (Å²) in [5, 5.41) is 5.54. The first-order chi connectivity index (χ1) is 9.70. The number of nitrogens with one attached hydrogen (secondary N) is 2. The molecule has 1 atom stereocenters. The van der Waals surface area contributed by atoms with E-state index in [1.165, 1.54) is 0 Å². The van der Waals surface area contributed by atoms with Crippen LogP contribution >= 0.6 is 0 Å². The first-order valence-corrected chi connectivity index (χ1v) is 7.16. The maximum Gasteiger partial charge on any atom is 0.246 e. The van der Waals surface area contributed by atoms with Crippen LogP contribution in [0.15, 0.2) is 30.3 Å². The molecule has 2 amide bonds. The Morgan fingerprint density at radius 3 is 2.24 bits per heavy atom. The van der Waals surface area contributed by atoms with E-state index in [4.69, 9.17) is 5.73 Å². The van der Waals surface area contributed by atoms with Crippen LogP contribution in [0.5, 0.6) is 0 Å². The standard InChI is InChI=1S/C16H25N3O2/c1-11(2)10-13(19-15(21)16(3,4)17)14(20)18-12-8-6-5-7-9-12/h5-9,11,13H,10,17H2,1-4H3,(H,18,20)(H,19,21)/t13-/m0/s1. The molecule has 0 spiro atoms. The smallest absolute Gasteiger partial charge is 0.246 e. The van der Waals surface area contributed by atoms with Gasteiger partial charge in [-0.3, -0.25) is 9.59 Å². The number of carbonyl (C=O) groups is 2. The van der Waals surface area contributed by atoms with Gasteiger partial charge in [0.05, 0.1) is 5.54 Å². The summed E-state index contributed by atoms with van der Waals surface area (Å²) >= 11 is 0. The summed E-state index contributed by atoms with van der Waals surface area (Å²) in [6.07, 6.45) is 0.556. The molecule has 1 aromatic carbocycles. The Morgan fingerprint density at radius 2 is 1.76 bits per heavy atom. The molecule has 0 aliphatic heterocycles. The molecule has 0 fully saturated rings. The van der Waals surface area contributed by atoms with Gasteiger partial charge in [-0.05, 0) is 38.3 Å². The number of amides is 2. The minimum absolute atomic E-state index is 0.229. The second-order valence-corrected chi connectivity index (χ2v) is 6.23. The van der Waals surface area contributed by atoms with E-state index in [1.54, 1.807) is 26.0 Å². The van der Waals surface area contributed by atoms with E-state index in [-0.39, 0.29) is 17.7 Å². The van der Waals surface area contributed by atoms with Gasteiger partial charge in [-0.2, -0.15) is 0 Å². The van der Waals surface area contributed by atoms with Crippen molar-refractivity contribution < 1.29 is 9.59 Å². The monoisotopic (exact) mass is 291 g/mol. The lowest BCUT2D eigenvalue weighted by Gasteiger charge is -2.25. The van der Waals surface area contributed by atoms with Gasteiger partial charge in [0, 0.05) is 5.69 Å². The zero-order valence-electron chi connectivity index (χ0n) is 13.1. The summed E-state index contributed by atoms with van der Waals surface area (Å²) in [7, 11) is 0. The molecular formula is C16H25N3O2. The van der Waals surface area contributed by atoms with Crippen molar-refractivity contribution in [3.05, 3.63) is 30.3 Å². The topological polar surface area (TPSA) is 84.2 Å². The van der Waals surface area contributed by atoms with Crippen molar-refractivity contribution in [2.45, 2.75) is 45.7 Å². The van der Waals surface area contributed by atoms with Crippen LogP contribution in [0.3, 0.4) is 0 Å². The van der Waals surface area contributed by atoms with Crippen LogP contribution in [0, 0.1) is 5.92 Å². The number of anilines is 1. The number of hydrogen-bond donors (Lipinski definition) is 3. The molecular weight excluding hydrogens is 266 g/mol. The number of nitrogens with two attached hydrogens (primary N) is 1. The molecule has 0 saturated carbocycles. The largest absolute Gasteiger partial charge is 0.343 e. The van der Waals surface area contributed by atoms with Crippen LogP contribution < -0.4 is 16.4 Å². The second kappa shape index (κ2) is 7.22. The van der Waals surface area contributed by atoms with Crippen LogP contribution in [0.1, 0.15) is 34.1 Å². The normalized spacial score (nSPS) is 12.9. The summed E-state index contributed by atoms with van der Waals surface area (Å²) in [5.74, 6) is -0.290. The van der Waals surface area contributed by atoms with Gasteiger partial charge in [0.15, 0.2) is 0 Å². The molecule has 1 aromatic rings. The number of para-hydroxylation sites is 1. The number of carbonyl (C=O) groups excluding carboxylic acids is 2. The minimum Gasteiger partial charge on any atom is -0.343 e. The van der Waals surface area contributed by atoms with Gasteiger partial charge >= 0.3 is 0 Å². The van der Waals surface area contributed by atoms with Crippen LogP contribution in [0.2, 0.25) is 0 Å². The number of rotatable bonds is 6. The van der Waals surface area contributed by atoms with Crippen molar-refractivity contribution in [1.29, 1.82) is 0 Å². The fourth-order valence-corrected chi connectivity index (χ4v) is 1.80. The molecule has 116 valence electrons. The predicted octanol–water partition coefficient (Wildman–Crippen LogP) is 1.89. The van der Waals surface area contributed by atoms with Gasteiger partial charge in [0.25, 0.3) is 0 Å². The van der Waals surface area contributed by atoms with E-state index >= 15 is 0 Å². The Morgan fingerprint density at radius 1 is 1.19 bits per heavy atom. The van der Waals surface area contributed by atoms with E-state index in [2.05, 4.69) is 10.6 Å². The van der Waals surface area contributed by atoms with E-state index in [9.17, 15) is 9.59 Å². The van der Waals surface area contributed by atoms with E-state index in [0.29, 0.717) is 12.1 Å². The van der Waals surface area contributed by atoms with Crippen molar-refractivity contribution in [3.63, 3.8) is 0 Å². The zero-order chi connectivity index (χ0) is 16.0. The highest BCUT2D eigenvalue weighted by molar-refractivity contribution is 5.98. The van der Waals surface area contributed by atoms with E-state index < -0.39 is 11.6 Å². The maximum absolute atomic E-state index is 12.3. The number of benzene rings is 1. The van der Waals surface area contributed by atoms with Crippen molar-refractivity contribution in [2.24, 2.45) is 11.7 Å². The Kier molecular flexibility index (Phi) is 5.90. The molecule has 0 saturated heterocycles. The molecule has 1 rings (SSSR count). The highest BCUT2D eigenvalue weighted by Gasteiger charge is 2.28. The van der Waals surface area contributed by atoms with Crippen molar-refractivity contribution in [1.82, 2.24) is 5.32 Å². The Bertz CT molecular complexity index is 478. The van der Waals surface area contributed by atoms with Crippen molar-refractivity contribution in [3.8, 4) is 0 Å². The first kappa shape index (κ1) is 17.2. The van der Waals surface area contributed by atoms with Crippen LogP contribution in [-0.2, 0) is 9.59 Å². The first-order valence-electron chi connectivity index (χ1n) is 7.16. The van der Waals surface area contributed by atoms with Crippen molar-refractivity contribution >= 4 is 17.5 Å². The fraction of sp³-hybridized carbons (Fsp3) is 0.500.